The first-order valence-corrected chi connectivity index (χ1v) is 5.18. The van der Waals surface area contributed by atoms with Crippen LogP contribution in [0.5, 0.6) is 0 Å². The van der Waals surface area contributed by atoms with Crippen molar-refractivity contribution >= 4 is 17.6 Å². The maximum Gasteiger partial charge on any atom is 0.337 e. The van der Waals surface area contributed by atoms with Crippen LogP contribution in [0.2, 0.25) is 0 Å². The molecule has 1 fully saturated rings. The molecule has 18 heavy (non-hydrogen) atoms. The molecule has 1 aromatic rings. The summed E-state index contributed by atoms with van der Waals surface area (Å²) in [5.74, 6) is -4.32. The SMILES string of the molecule is NC1CC(=O)N(c2cc(F)c(F)cc2C(=O)O)C1. The molecule has 1 aliphatic heterocycles. The monoisotopic (exact) mass is 256 g/mol. The van der Waals surface area contributed by atoms with E-state index in [1.165, 1.54) is 0 Å². The van der Waals surface area contributed by atoms with Crippen molar-refractivity contribution in [2.24, 2.45) is 5.73 Å². The molecule has 1 heterocycles. The molecule has 1 atom stereocenters. The molecule has 0 spiro atoms. The number of hydrogen-bond donors (Lipinski definition) is 2. The van der Waals surface area contributed by atoms with Gasteiger partial charge in [0.2, 0.25) is 5.91 Å². The first kappa shape index (κ1) is 12.4. The van der Waals surface area contributed by atoms with Crippen LogP contribution < -0.4 is 10.6 Å². The second-order valence-electron chi connectivity index (χ2n) is 4.06. The van der Waals surface area contributed by atoms with E-state index in [0.717, 1.165) is 4.90 Å². The number of nitrogens with two attached hydrogens (primary N) is 1. The largest absolute Gasteiger partial charge is 0.478 e. The summed E-state index contributed by atoms with van der Waals surface area (Å²) in [5.41, 5.74) is 4.94. The minimum Gasteiger partial charge on any atom is -0.478 e. The molecule has 5 nitrogen and oxygen atoms in total. The Labute approximate surface area is 101 Å². The van der Waals surface area contributed by atoms with Crippen LogP contribution in [-0.4, -0.2) is 29.6 Å². The van der Waals surface area contributed by atoms with E-state index in [1.807, 2.05) is 0 Å². The number of carboxylic acid groups (broad SMARTS) is 1. The Hall–Kier alpha value is -2.02. The van der Waals surface area contributed by atoms with Crippen LogP contribution in [0.1, 0.15) is 16.8 Å². The minimum absolute atomic E-state index is 0.0536. The Morgan fingerprint density at radius 1 is 1.39 bits per heavy atom. The van der Waals surface area contributed by atoms with Crippen LogP contribution in [0, 0.1) is 11.6 Å². The molecule has 1 saturated heterocycles. The van der Waals surface area contributed by atoms with Gasteiger partial charge >= 0.3 is 5.97 Å². The molecular formula is C11H10F2N2O3. The van der Waals surface area contributed by atoms with Gasteiger partial charge in [-0.05, 0) is 6.07 Å². The van der Waals surface area contributed by atoms with Crippen molar-refractivity contribution in [1.82, 2.24) is 0 Å². The third kappa shape index (κ3) is 2.04. The second kappa shape index (κ2) is 4.34. The summed E-state index contributed by atoms with van der Waals surface area (Å²) < 4.78 is 26.2. The van der Waals surface area contributed by atoms with Crippen molar-refractivity contribution in [1.29, 1.82) is 0 Å². The summed E-state index contributed by atoms with van der Waals surface area (Å²) >= 11 is 0. The topological polar surface area (TPSA) is 83.6 Å². The number of halogens is 2. The number of aromatic carboxylic acids is 1. The van der Waals surface area contributed by atoms with E-state index >= 15 is 0 Å². The first-order chi connectivity index (χ1) is 8.40. The fourth-order valence-corrected chi connectivity index (χ4v) is 1.90. The highest BCUT2D eigenvalue weighted by Crippen LogP contribution is 2.27. The summed E-state index contributed by atoms with van der Waals surface area (Å²) in [7, 11) is 0. The van der Waals surface area contributed by atoms with Gasteiger partial charge in [-0.15, -0.1) is 0 Å². The summed E-state index contributed by atoms with van der Waals surface area (Å²) in [5, 5.41) is 8.94. The number of rotatable bonds is 2. The van der Waals surface area contributed by atoms with E-state index < -0.39 is 35.1 Å². The van der Waals surface area contributed by atoms with Gasteiger partial charge in [0.1, 0.15) is 0 Å². The molecule has 0 aliphatic carbocycles. The van der Waals surface area contributed by atoms with Gasteiger partial charge in [0.05, 0.1) is 11.3 Å². The van der Waals surface area contributed by atoms with E-state index in [-0.39, 0.29) is 18.7 Å². The molecule has 2 rings (SSSR count). The van der Waals surface area contributed by atoms with Crippen molar-refractivity contribution in [2.75, 3.05) is 11.4 Å². The lowest BCUT2D eigenvalue weighted by atomic mass is 10.1. The number of carbonyl (C=O) groups excluding carboxylic acids is 1. The molecule has 0 aromatic heterocycles. The predicted octanol–water partition coefficient (Wildman–Crippen LogP) is 0.727. The fraction of sp³-hybridized carbons (Fsp3) is 0.273. The van der Waals surface area contributed by atoms with Crippen LogP contribution in [-0.2, 0) is 4.79 Å². The number of carboxylic acids is 1. The fourth-order valence-electron chi connectivity index (χ4n) is 1.90. The lowest BCUT2D eigenvalue weighted by Crippen LogP contribution is -2.29. The van der Waals surface area contributed by atoms with E-state index in [9.17, 15) is 18.4 Å². The lowest BCUT2D eigenvalue weighted by molar-refractivity contribution is -0.117. The highest BCUT2D eigenvalue weighted by Gasteiger charge is 2.31. The van der Waals surface area contributed by atoms with Crippen LogP contribution in [0.4, 0.5) is 14.5 Å². The Bertz CT molecular complexity index is 533. The zero-order chi connectivity index (χ0) is 13.4. The maximum atomic E-state index is 13.2. The molecule has 3 N–H and O–H groups in total. The van der Waals surface area contributed by atoms with Gasteiger partial charge < -0.3 is 15.7 Å². The summed E-state index contributed by atoms with van der Waals surface area (Å²) in [6, 6.07) is 0.825. The van der Waals surface area contributed by atoms with Gasteiger partial charge in [-0.1, -0.05) is 0 Å². The third-order valence-electron chi connectivity index (χ3n) is 2.71. The predicted molar refractivity (Wildman–Crippen MR) is 58.3 cm³/mol. The van der Waals surface area contributed by atoms with Gasteiger partial charge in [0, 0.05) is 25.1 Å². The van der Waals surface area contributed by atoms with Gasteiger partial charge in [0.15, 0.2) is 11.6 Å². The van der Waals surface area contributed by atoms with E-state index in [0.29, 0.717) is 12.1 Å². The highest BCUT2D eigenvalue weighted by molar-refractivity contribution is 6.03. The molecule has 1 aliphatic rings. The lowest BCUT2D eigenvalue weighted by Gasteiger charge is -2.18. The zero-order valence-corrected chi connectivity index (χ0v) is 9.19. The minimum atomic E-state index is -1.43. The Morgan fingerprint density at radius 3 is 2.50 bits per heavy atom. The summed E-state index contributed by atoms with van der Waals surface area (Å²) in [4.78, 5) is 23.6. The van der Waals surface area contributed by atoms with E-state index in [2.05, 4.69) is 0 Å². The van der Waals surface area contributed by atoms with Crippen LogP contribution in [0.3, 0.4) is 0 Å². The number of benzene rings is 1. The van der Waals surface area contributed by atoms with Crippen molar-refractivity contribution in [2.45, 2.75) is 12.5 Å². The maximum absolute atomic E-state index is 13.2. The highest BCUT2D eigenvalue weighted by atomic mass is 19.2. The Balaban J connectivity index is 2.52. The average Bonchev–Trinajstić information content (AvgIpc) is 2.61. The summed E-state index contributed by atoms with van der Waals surface area (Å²) in [6.45, 7) is 0.0875. The zero-order valence-electron chi connectivity index (χ0n) is 9.19. The van der Waals surface area contributed by atoms with E-state index in [4.69, 9.17) is 10.8 Å². The van der Waals surface area contributed by atoms with Gasteiger partial charge in [-0.2, -0.15) is 0 Å². The molecule has 1 aromatic carbocycles. The molecule has 1 unspecified atom stereocenters. The molecule has 7 heteroatoms. The van der Waals surface area contributed by atoms with Crippen molar-refractivity contribution in [3.63, 3.8) is 0 Å². The Kier molecular flexibility index (Phi) is 3.00. The van der Waals surface area contributed by atoms with Crippen molar-refractivity contribution < 1.29 is 23.5 Å². The second-order valence-corrected chi connectivity index (χ2v) is 4.06. The van der Waals surface area contributed by atoms with Gasteiger partial charge in [0.25, 0.3) is 0 Å². The average molecular weight is 256 g/mol. The van der Waals surface area contributed by atoms with Crippen molar-refractivity contribution in [3.05, 3.63) is 29.3 Å². The van der Waals surface area contributed by atoms with Crippen LogP contribution in [0.15, 0.2) is 12.1 Å². The molecule has 0 radical (unpaired) electrons. The number of amides is 1. The molecule has 0 bridgehead atoms. The van der Waals surface area contributed by atoms with Crippen LogP contribution in [0.25, 0.3) is 0 Å². The Morgan fingerprint density at radius 2 is 2.00 bits per heavy atom. The van der Waals surface area contributed by atoms with E-state index in [1.54, 1.807) is 0 Å². The smallest absolute Gasteiger partial charge is 0.337 e. The van der Waals surface area contributed by atoms with Crippen molar-refractivity contribution in [3.8, 4) is 0 Å². The van der Waals surface area contributed by atoms with Crippen LogP contribution >= 0.6 is 0 Å². The quantitative estimate of drug-likeness (QED) is 0.817. The number of anilines is 1. The van der Waals surface area contributed by atoms with Gasteiger partial charge in [-0.25, -0.2) is 13.6 Å². The molecule has 1 amide bonds. The normalized spacial score (nSPS) is 19.4. The molecule has 0 saturated carbocycles. The number of nitrogens with zero attached hydrogens (tertiary/aromatic N) is 1. The molecule has 96 valence electrons. The molecular weight excluding hydrogens is 246 g/mol. The third-order valence-corrected chi connectivity index (χ3v) is 2.71. The van der Waals surface area contributed by atoms with Gasteiger partial charge in [-0.3, -0.25) is 4.79 Å². The summed E-state index contributed by atoms with van der Waals surface area (Å²) in [6.07, 6.45) is 0.0536. The number of hydrogen-bond acceptors (Lipinski definition) is 3. The number of carbonyl (C=O) groups is 2. The standard InChI is InChI=1S/C11H10F2N2O3/c12-7-2-6(11(17)18)9(3-8(7)13)15-4-5(14)1-10(15)16/h2-3,5H,1,4,14H2,(H,17,18). The first-order valence-electron chi connectivity index (χ1n) is 5.18.